The Morgan fingerprint density at radius 3 is 2.76 bits per heavy atom. The Morgan fingerprint density at radius 2 is 2.04 bits per heavy atom. The van der Waals surface area contributed by atoms with Gasteiger partial charge < -0.3 is 10.2 Å². The average molecular weight is 358 g/mol. The van der Waals surface area contributed by atoms with Gasteiger partial charge >= 0.3 is 4.87 Å². The molecule has 1 fully saturated rings. The first kappa shape index (κ1) is 16.3. The lowest BCUT2D eigenvalue weighted by molar-refractivity contribution is 0.198. The van der Waals surface area contributed by atoms with E-state index in [1.807, 2.05) is 6.21 Å². The molecule has 0 saturated carbocycles. The van der Waals surface area contributed by atoms with E-state index in [9.17, 15) is 4.79 Å². The van der Waals surface area contributed by atoms with Gasteiger partial charge in [-0.15, -0.1) is 5.10 Å². The van der Waals surface area contributed by atoms with Crippen molar-refractivity contribution >= 4 is 34.1 Å². The van der Waals surface area contributed by atoms with Crippen LogP contribution in [-0.4, -0.2) is 53.6 Å². The first-order valence-corrected chi connectivity index (χ1v) is 9.37. The van der Waals surface area contributed by atoms with Gasteiger partial charge in [-0.05, 0) is 36.0 Å². The van der Waals surface area contributed by atoms with E-state index in [0.717, 1.165) is 49.2 Å². The smallest absolute Gasteiger partial charge is 0.326 e. The molecule has 1 N–H and O–H groups in total. The van der Waals surface area contributed by atoms with Crippen molar-refractivity contribution in [2.45, 2.75) is 13.0 Å². The highest BCUT2D eigenvalue weighted by Crippen LogP contribution is 2.32. The Balaban J connectivity index is 1.44. The summed E-state index contributed by atoms with van der Waals surface area (Å²) in [5.41, 5.74) is 3.41. The van der Waals surface area contributed by atoms with Crippen LogP contribution in [0.4, 0.5) is 16.5 Å². The Bertz CT molecular complexity index is 849. The standard InChI is InChI=1S/C17H22N6OS/c1-12(13-3-4-14-15(11-13)19-6-5-18-14)22-7-9-23(10-8-22)16-20-21(2)17(24)25-16/h3-4,6,11-12,18H,5,7-10H2,1-2H3. The summed E-state index contributed by atoms with van der Waals surface area (Å²) in [6.45, 7) is 6.73. The van der Waals surface area contributed by atoms with Crippen LogP contribution in [0.25, 0.3) is 0 Å². The second kappa shape index (κ2) is 6.61. The number of aromatic nitrogens is 2. The van der Waals surface area contributed by atoms with Crippen LogP contribution in [0, 0.1) is 0 Å². The Labute approximate surface area is 150 Å². The third-order valence-corrected chi connectivity index (χ3v) is 5.89. The molecule has 1 aromatic carbocycles. The molecule has 8 heteroatoms. The third kappa shape index (κ3) is 3.19. The fourth-order valence-electron chi connectivity index (χ4n) is 3.34. The Kier molecular flexibility index (Phi) is 4.30. The highest BCUT2D eigenvalue weighted by Gasteiger charge is 2.24. The Hall–Kier alpha value is -2.19. The van der Waals surface area contributed by atoms with Crippen LogP contribution >= 0.6 is 11.3 Å². The summed E-state index contributed by atoms with van der Waals surface area (Å²) < 4.78 is 1.41. The van der Waals surface area contributed by atoms with E-state index in [1.165, 1.54) is 21.6 Å². The molecule has 0 aliphatic carbocycles. The second-order valence-electron chi connectivity index (χ2n) is 6.44. The van der Waals surface area contributed by atoms with Crippen LogP contribution in [0.2, 0.25) is 0 Å². The van der Waals surface area contributed by atoms with Crippen LogP contribution in [0.3, 0.4) is 0 Å². The number of nitrogens with zero attached hydrogens (tertiary/aromatic N) is 5. The lowest BCUT2D eigenvalue weighted by Gasteiger charge is -2.38. The number of hydrogen-bond donors (Lipinski definition) is 1. The van der Waals surface area contributed by atoms with E-state index >= 15 is 0 Å². The fraction of sp³-hybridized carbons (Fsp3) is 0.471. The molecule has 25 heavy (non-hydrogen) atoms. The maximum absolute atomic E-state index is 11.6. The molecule has 1 saturated heterocycles. The lowest BCUT2D eigenvalue weighted by Crippen LogP contribution is -2.47. The molecule has 1 unspecified atom stereocenters. The molecule has 7 nitrogen and oxygen atoms in total. The van der Waals surface area contributed by atoms with Gasteiger partial charge in [0.05, 0.1) is 17.9 Å². The van der Waals surface area contributed by atoms with Gasteiger partial charge in [0.2, 0.25) is 5.13 Å². The summed E-state index contributed by atoms with van der Waals surface area (Å²) in [7, 11) is 1.70. The topological polar surface area (TPSA) is 65.8 Å². The van der Waals surface area contributed by atoms with Crippen LogP contribution in [0.1, 0.15) is 18.5 Å². The molecule has 2 aliphatic heterocycles. The fourth-order valence-corrected chi connectivity index (χ4v) is 4.14. The number of hydrogen-bond acceptors (Lipinski definition) is 7. The summed E-state index contributed by atoms with van der Waals surface area (Å²) in [6, 6.07) is 6.83. The number of aliphatic imine (C=N–C) groups is 1. The lowest BCUT2D eigenvalue weighted by atomic mass is 10.0. The van der Waals surface area contributed by atoms with Gasteiger partial charge in [-0.3, -0.25) is 14.7 Å². The minimum atomic E-state index is -0.00554. The van der Waals surface area contributed by atoms with Crippen molar-refractivity contribution in [3.63, 3.8) is 0 Å². The zero-order chi connectivity index (χ0) is 17.4. The molecule has 4 rings (SSSR count). The summed E-state index contributed by atoms with van der Waals surface area (Å²) in [5, 5.41) is 8.48. The summed E-state index contributed by atoms with van der Waals surface area (Å²) >= 11 is 1.22. The van der Waals surface area contributed by atoms with E-state index in [0.29, 0.717) is 6.04 Å². The molecule has 3 heterocycles. The minimum absolute atomic E-state index is 0.00554. The quantitative estimate of drug-likeness (QED) is 0.907. The predicted molar refractivity (Wildman–Crippen MR) is 103 cm³/mol. The summed E-state index contributed by atoms with van der Waals surface area (Å²) in [6.07, 6.45) is 1.91. The number of piperazine rings is 1. The van der Waals surface area contributed by atoms with Gasteiger partial charge in [-0.1, -0.05) is 6.07 Å². The van der Waals surface area contributed by atoms with E-state index in [-0.39, 0.29) is 4.87 Å². The van der Waals surface area contributed by atoms with Crippen LogP contribution in [0.5, 0.6) is 0 Å². The third-order valence-electron chi connectivity index (χ3n) is 4.93. The van der Waals surface area contributed by atoms with Crippen molar-refractivity contribution in [2.24, 2.45) is 12.0 Å². The first-order valence-electron chi connectivity index (χ1n) is 8.55. The maximum Gasteiger partial charge on any atom is 0.326 e. The molecule has 0 bridgehead atoms. The number of aryl methyl sites for hydroxylation is 1. The Morgan fingerprint density at radius 1 is 1.24 bits per heavy atom. The second-order valence-corrected chi connectivity index (χ2v) is 7.36. The summed E-state index contributed by atoms with van der Waals surface area (Å²) in [5.74, 6) is 0. The normalized spacial score (nSPS) is 18.7. The number of rotatable bonds is 3. The van der Waals surface area contributed by atoms with Crippen molar-refractivity contribution in [1.29, 1.82) is 0 Å². The highest BCUT2D eigenvalue weighted by atomic mass is 32.1. The van der Waals surface area contributed by atoms with E-state index in [1.54, 1.807) is 7.05 Å². The van der Waals surface area contributed by atoms with Crippen molar-refractivity contribution in [2.75, 3.05) is 42.9 Å². The molecule has 2 aromatic rings. The zero-order valence-corrected chi connectivity index (χ0v) is 15.3. The van der Waals surface area contributed by atoms with Crippen molar-refractivity contribution < 1.29 is 0 Å². The maximum atomic E-state index is 11.6. The SMILES string of the molecule is CC(c1ccc2c(c1)N=CCN2)N1CCN(c2nn(C)c(=O)s2)CC1. The van der Waals surface area contributed by atoms with Crippen LogP contribution in [-0.2, 0) is 7.05 Å². The van der Waals surface area contributed by atoms with Crippen molar-refractivity contribution in [3.8, 4) is 0 Å². The molecule has 0 spiro atoms. The monoisotopic (exact) mass is 358 g/mol. The van der Waals surface area contributed by atoms with Gasteiger partial charge in [0, 0.05) is 45.5 Å². The van der Waals surface area contributed by atoms with Gasteiger partial charge in [0.25, 0.3) is 0 Å². The van der Waals surface area contributed by atoms with Crippen LogP contribution < -0.4 is 15.1 Å². The number of fused-ring (bicyclic) bond motifs is 1. The minimum Gasteiger partial charge on any atom is -0.378 e. The summed E-state index contributed by atoms with van der Waals surface area (Å²) in [4.78, 5) is 20.8. The zero-order valence-electron chi connectivity index (χ0n) is 14.5. The predicted octanol–water partition coefficient (Wildman–Crippen LogP) is 1.85. The molecule has 1 aromatic heterocycles. The molecule has 132 valence electrons. The van der Waals surface area contributed by atoms with Crippen LogP contribution in [0.15, 0.2) is 28.0 Å². The van der Waals surface area contributed by atoms with Gasteiger partial charge in [0.1, 0.15) is 0 Å². The van der Waals surface area contributed by atoms with Gasteiger partial charge in [0.15, 0.2) is 0 Å². The molecular weight excluding hydrogens is 336 g/mol. The number of benzene rings is 1. The van der Waals surface area contributed by atoms with Crippen molar-refractivity contribution in [1.82, 2.24) is 14.7 Å². The number of nitrogens with one attached hydrogen (secondary N) is 1. The van der Waals surface area contributed by atoms with E-state index < -0.39 is 0 Å². The molecular formula is C17H22N6OS. The molecule has 2 aliphatic rings. The van der Waals surface area contributed by atoms with E-state index in [4.69, 9.17) is 0 Å². The first-order chi connectivity index (χ1) is 12.1. The molecule has 1 atom stereocenters. The van der Waals surface area contributed by atoms with Crippen molar-refractivity contribution in [3.05, 3.63) is 33.4 Å². The van der Waals surface area contributed by atoms with Gasteiger partial charge in [-0.2, -0.15) is 0 Å². The average Bonchev–Trinajstić information content (AvgIpc) is 2.99. The number of anilines is 2. The largest absolute Gasteiger partial charge is 0.378 e. The van der Waals surface area contributed by atoms with Gasteiger partial charge in [-0.25, -0.2) is 4.68 Å². The molecule has 0 radical (unpaired) electrons. The van der Waals surface area contributed by atoms with E-state index in [2.05, 4.69) is 50.3 Å². The molecule has 0 amide bonds. The highest BCUT2D eigenvalue weighted by molar-refractivity contribution is 7.13.